The maximum Gasteiger partial charge on any atom is 0.248 e. The van der Waals surface area contributed by atoms with Gasteiger partial charge in [-0.05, 0) is 36.8 Å². The molecule has 0 radical (unpaired) electrons. The van der Waals surface area contributed by atoms with Crippen LogP contribution >= 0.6 is 0 Å². The molecule has 0 bridgehead atoms. The molecule has 1 saturated carbocycles. The lowest BCUT2D eigenvalue weighted by molar-refractivity contribution is -0.0564. The minimum absolute atomic E-state index is 0.0178. The topological polar surface area (TPSA) is 26.0 Å². The number of nitrogens with two attached hydrogens (primary N) is 1. The molecule has 1 nitrogen and oxygen atoms in total. The highest BCUT2D eigenvalue weighted by molar-refractivity contribution is 5.29. The van der Waals surface area contributed by atoms with E-state index in [9.17, 15) is 8.78 Å². The summed E-state index contributed by atoms with van der Waals surface area (Å²) in [5.74, 6) is -2.62. The van der Waals surface area contributed by atoms with Crippen LogP contribution in [-0.2, 0) is 0 Å². The molecule has 1 aromatic carbocycles. The van der Waals surface area contributed by atoms with Crippen LogP contribution in [0.2, 0.25) is 0 Å². The molecule has 0 saturated heterocycles. The molecule has 1 aliphatic rings. The molecule has 0 amide bonds. The number of alkyl halides is 2. The Morgan fingerprint density at radius 2 is 2.06 bits per heavy atom. The van der Waals surface area contributed by atoms with Crippen LogP contribution in [0.1, 0.15) is 42.9 Å². The van der Waals surface area contributed by atoms with Gasteiger partial charge in [-0.25, -0.2) is 8.78 Å². The fourth-order valence-corrected chi connectivity index (χ4v) is 2.73. The lowest BCUT2D eigenvalue weighted by Crippen LogP contribution is -2.33. The Morgan fingerprint density at radius 1 is 1.35 bits per heavy atom. The molecular formula is C14H19F2N. The Morgan fingerprint density at radius 3 is 2.71 bits per heavy atom. The Balaban J connectivity index is 2.15. The summed E-state index contributed by atoms with van der Waals surface area (Å²) in [6.07, 6.45) is 1.34. The van der Waals surface area contributed by atoms with Gasteiger partial charge in [-0.1, -0.05) is 24.3 Å². The maximum absolute atomic E-state index is 13.4. The molecule has 1 aliphatic carbocycles. The standard InChI is InChI=1S/C14H19F2N/c1-10-5-2-3-7-12(10)13(17)11-6-4-8-14(15,16)9-11/h2-3,5,7,11,13H,4,6,8-9,17H2,1H3. The average molecular weight is 239 g/mol. The molecule has 1 fully saturated rings. The van der Waals surface area contributed by atoms with Crippen LogP contribution in [0, 0.1) is 12.8 Å². The van der Waals surface area contributed by atoms with E-state index in [0.717, 1.165) is 17.5 Å². The summed E-state index contributed by atoms with van der Waals surface area (Å²) in [6.45, 7) is 1.98. The van der Waals surface area contributed by atoms with Gasteiger partial charge in [0, 0.05) is 18.9 Å². The molecule has 3 heteroatoms. The highest BCUT2D eigenvalue weighted by Gasteiger charge is 2.38. The van der Waals surface area contributed by atoms with Crippen LogP contribution in [0.3, 0.4) is 0 Å². The second kappa shape index (κ2) is 4.73. The first-order chi connectivity index (χ1) is 7.99. The monoisotopic (exact) mass is 239 g/mol. The number of hydrogen-bond acceptors (Lipinski definition) is 1. The van der Waals surface area contributed by atoms with Gasteiger partial charge in [0.15, 0.2) is 0 Å². The summed E-state index contributed by atoms with van der Waals surface area (Å²) in [4.78, 5) is 0. The van der Waals surface area contributed by atoms with Crippen molar-refractivity contribution in [2.24, 2.45) is 11.7 Å². The van der Waals surface area contributed by atoms with Crippen molar-refractivity contribution in [3.8, 4) is 0 Å². The highest BCUT2D eigenvalue weighted by Crippen LogP contribution is 2.41. The van der Waals surface area contributed by atoms with Gasteiger partial charge >= 0.3 is 0 Å². The zero-order valence-electron chi connectivity index (χ0n) is 10.1. The molecule has 0 aliphatic heterocycles. The summed E-state index contributed by atoms with van der Waals surface area (Å²) in [5, 5.41) is 0. The maximum atomic E-state index is 13.4. The quantitative estimate of drug-likeness (QED) is 0.834. The second-order valence-electron chi connectivity index (χ2n) is 5.09. The predicted molar refractivity (Wildman–Crippen MR) is 65.0 cm³/mol. The van der Waals surface area contributed by atoms with Crippen LogP contribution in [0.25, 0.3) is 0 Å². The van der Waals surface area contributed by atoms with Crippen LogP contribution in [0.15, 0.2) is 24.3 Å². The van der Waals surface area contributed by atoms with Gasteiger partial charge < -0.3 is 5.73 Å². The summed E-state index contributed by atoms with van der Waals surface area (Å²) < 4.78 is 26.8. The van der Waals surface area contributed by atoms with Crippen LogP contribution in [-0.4, -0.2) is 5.92 Å². The molecule has 2 unspecified atom stereocenters. The third-order valence-corrected chi connectivity index (χ3v) is 3.73. The highest BCUT2D eigenvalue weighted by atomic mass is 19.3. The molecule has 17 heavy (non-hydrogen) atoms. The van der Waals surface area contributed by atoms with Crippen molar-refractivity contribution in [3.63, 3.8) is 0 Å². The van der Waals surface area contributed by atoms with E-state index < -0.39 is 5.92 Å². The zero-order chi connectivity index (χ0) is 12.5. The van der Waals surface area contributed by atoms with Gasteiger partial charge in [-0.2, -0.15) is 0 Å². The third-order valence-electron chi connectivity index (χ3n) is 3.73. The van der Waals surface area contributed by atoms with Crippen molar-refractivity contribution in [2.75, 3.05) is 0 Å². The van der Waals surface area contributed by atoms with Crippen LogP contribution < -0.4 is 5.73 Å². The summed E-state index contributed by atoms with van der Waals surface area (Å²) in [7, 11) is 0. The van der Waals surface area contributed by atoms with E-state index in [1.165, 1.54) is 0 Å². The first-order valence-corrected chi connectivity index (χ1v) is 6.18. The molecule has 0 spiro atoms. The Labute approximate surface area is 101 Å². The fourth-order valence-electron chi connectivity index (χ4n) is 2.73. The number of benzene rings is 1. The summed E-state index contributed by atoms with van der Waals surface area (Å²) in [6, 6.07) is 7.54. The van der Waals surface area contributed by atoms with E-state index in [2.05, 4.69) is 0 Å². The molecule has 2 N–H and O–H groups in total. The first kappa shape index (κ1) is 12.5. The molecule has 0 heterocycles. The van der Waals surface area contributed by atoms with Gasteiger partial charge in [0.1, 0.15) is 0 Å². The first-order valence-electron chi connectivity index (χ1n) is 6.18. The van der Waals surface area contributed by atoms with E-state index in [1.54, 1.807) is 0 Å². The fraction of sp³-hybridized carbons (Fsp3) is 0.571. The minimum atomic E-state index is -2.52. The predicted octanol–water partition coefficient (Wildman–Crippen LogP) is 3.82. The number of halogens is 2. The SMILES string of the molecule is Cc1ccccc1C(N)C1CCCC(F)(F)C1. The lowest BCUT2D eigenvalue weighted by atomic mass is 9.79. The zero-order valence-corrected chi connectivity index (χ0v) is 10.1. The molecular weight excluding hydrogens is 220 g/mol. The normalized spacial score (nSPS) is 25.5. The van der Waals surface area contributed by atoms with E-state index in [1.807, 2.05) is 31.2 Å². The molecule has 0 aromatic heterocycles. The van der Waals surface area contributed by atoms with Crippen molar-refractivity contribution in [1.29, 1.82) is 0 Å². The number of rotatable bonds is 2. The van der Waals surface area contributed by atoms with Crippen molar-refractivity contribution >= 4 is 0 Å². The minimum Gasteiger partial charge on any atom is -0.324 e. The van der Waals surface area contributed by atoms with Gasteiger partial charge in [0.2, 0.25) is 5.92 Å². The van der Waals surface area contributed by atoms with E-state index in [-0.39, 0.29) is 24.8 Å². The molecule has 2 atom stereocenters. The summed E-state index contributed by atoms with van der Waals surface area (Å²) >= 11 is 0. The van der Waals surface area contributed by atoms with Crippen molar-refractivity contribution in [2.45, 2.75) is 44.6 Å². The third kappa shape index (κ3) is 2.83. The van der Waals surface area contributed by atoms with E-state index in [4.69, 9.17) is 5.73 Å². The summed E-state index contributed by atoms with van der Waals surface area (Å²) in [5.41, 5.74) is 8.26. The van der Waals surface area contributed by atoms with Crippen LogP contribution in [0.5, 0.6) is 0 Å². The van der Waals surface area contributed by atoms with Crippen molar-refractivity contribution in [3.05, 3.63) is 35.4 Å². The van der Waals surface area contributed by atoms with Crippen molar-refractivity contribution < 1.29 is 8.78 Å². The Bertz CT molecular complexity index is 390. The van der Waals surface area contributed by atoms with Crippen LogP contribution in [0.4, 0.5) is 8.78 Å². The molecule has 2 rings (SSSR count). The van der Waals surface area contributed by atoms with Crippen molar-refractivity contribution in [1.82, 2.24) is 0 Å². The Hall–Kier alpha value is -0.960. The largest absolute Gasteiger partial charge is 0.324 e. The average Bonchev–Trinajstić information content (AvgIpc) is 2.27. The smallest absolute Gasteiger partial charge is 0.248 e. The molecule has 94 valence electrons. The Kier molecular flexibility index (Phi) is 3.48. The number of hydrogen-bond donors (Lipinski definition) is 1. The van der Waals surface area contributed by atoms with Gasteiger partial charge in [-0.15, -0.1) is 0 Å². The molecule has 1 aromatic rings. The van der Waals surface area contributed by atoms with E-state index in [0.29, 0.717) is 6.42 Å². The lowest BCUT2D eigenvalue weighted by Gasteiger charge is -2.33. The van der Waals surface area contributed by atoms with Gasteiger partial charge in [0.05, 0.1) is 0 Å². The van der Waals surface area contributed by atoms with Gasteiger partial charge in [0.25, 0.3) is 0 Å². The van der Waals surface area contributed by atoms with E-state index >= 15 is 0 Å². The second-order valence-corrected chi connectivity index (χ2v) is 5.09. The van der Waals surface area contributed by atoms with Gasteiger partial charge in [-0.3, -0.25) is 0 Å². The number of aryl methyl sites for hydroxylation is 1.